The van der Waals surface area contributed by atoms with Crippen LogP contribution in [0.2, 0.25) is 0 Å². The van der Waals surface area contributed by atoms with E-state index in [9.17, 15) is 0 Å². The number of fused-ring (bicyclic) bond motifs is 2. The average molecular weight is 414 g/mol. The van der Waals surface area contributed by atoms with Crippen molar-refractivity contribution in [3.05, 3.63) is 53.2 Å². The molecular formula is C22H19N7S. The zero-order valence-corrected chi connectivity index (χ0v) is 17.2. The van der Waals surface area contributed by atoms with Gasteiger partial charge in [0.15, 0.2) is 11.5 Å². The molecule has 5 aromatic rings. The summed E-state index contributed by atoms with van der Waals surface area (Å²) in [5.74, 6) is 0.719. The summed E-state index contributed by atoms with van der Waals surface area (Å²) in [5, 5.41) is 11.9. The van der Waals surface area contributed by atoms with Crippen molar-refractivity contribution in [2.24, 2.45) is 0 Å². The van der Waals surface area contributed by atoms with Gasteiger partial charge >= 0.3 is 0 Å². The number of rotatable bonds is 3. The molecular weight excluding hydrogens is 394 g/mol. The molecule has 1 aliphatic rings. The van der Waals surface area contributed by atoms with Crippen LogP contribution in [0.3, 0.4) is 0 Å². The Morgan fingerprint density at radius 1 is 1.10 bits per heavy atom. The largest absolute Gasteiger partial charge is 0.336 e. The minimum absolute atomic E-state index is 0.719. The summed E-state index contributed by atoms with van der Waals surface area (Å²) in [7, 11) is 0. The number of imidazole rings is 1. The molecule has 148 valence electrons. The van der Waals surface area contributed by atoms with Crippen LogP contribution in [0.15, 0.2) is 42.7 Å². The van der Waals surface area contributed by atoms with Gasteiger partial charge in [0.05, 0.1) is 15.8 Å². The van der Waals surface area contributed by atoms with Crippen molar-refractivity contribution in [2.75, 3.05) is 13.1 Å². The van der Waals surface area contributed by atoms with Crippen molar-refractivity contribution in [3.8, 4) is 22.1 Å². The molecule has 0 aromatic carbocycles. The standard InChI is InChI=1S/C22H19N7S/c1-12-2-3-17(30-12)20-19-16(6-9-24-20)26-22(27-19)18-15-10-14(11-25-21(15)29-28-18)13-4-7-23-8-5-13/h2-4,6,9-11,23H,5,7-8H2,1H3,(H,26,27)(H,25,28,29). The minimum atomic E-state index is 0.719. The van der Waals surface area contributed by atoms with Crippen LogP contribution in [-0.2, 0) is 0 Å². The lowest BCUT2D eigenvalue weighted by atomic mass is 10.0. The normalized spacial score (nSPS) is 14.5. The van der Waals surface area contributed by atoms with Gasteiger partial charge in [-0.3, -0.25) is 10.1 Å². The molecule has 0 aliphatic carbocycles. The molecule has 5 aromatic heterocycles. The van der Waals surface area contributed by atoms with Gasteiger partial charge in [0.2, 0.25) is 0 Å². The second-order valence-corrected chi connectivity index (χ2v) is 8.72. The van der Waals surface area contributed by atoms with Gasteiger partial charge in [0.25, 0.3) is 0 Å². The zero-order valence-electron chi connectivity index (χ0n) is 16.4. The lowest BCUT2D eigenvalue weighted by molar-refractivity contribution is 0.738. The van der Waals surface area contributed by atoms with E-state index in [2.05, 4.69) is 61.7 Å². The number of aryl methyl sites for hydroxylation is 1. The zero-order chi connectivity index (χ0) is 20.1. The molecule has 0 fully saturated rings. The maximum absolute atomic E-state index is 4.89. The van der Waals surface area contributed by atoms with Crippen molar-refractivity contribution in [1.82, 2.24) is 35.5 Å². The van der Waals surface area contributed by atoms with Crippen LogP contribution in [0.4, 0.5) is 0 Å². The number of nitrogens with zero attached hydrogens (tertiary/aromatic N) is 4. The number of aromatic amines is 2. The molecule has 6 heterocycles. The second-order valence-electron chi connectivity index (χ2n) is 7.43. The van der Waals surface area contributed by atoms with E-state index in [0.29, 0.717) is 0 Å². The van der Waals surface area contributed by atoms with Gasteiger partial charge in [-0.15, -0.1) is 11.3 Å². The Labute approximate surface area is 176 Å². The fourth-order valence-corrected chi connectivity index (χ4v) is 4.80. The lowest BCUT2D eigenvalue weighted by Gasteiger charge is -2.13. The molecule has 0 bridgehead atoms. The number of aromatic nitrogens is 6. The van der Waals surface area contributed by atoms with E-state index in [1.807, 2.05) is 18.5 Å². The Balaban J connectivity index is 1.49. The van der Waals surface area contributed by atoms with Gasteiger partial charge in [-0.25, -0.2) is 9.97 Å². The summed E-state index contributed by atoms with van der Waals surface area (Å²) in [6.07, 6.45) is 6.97. The first-order valence-corrected chi connectivity index (χ1v) is 10.7. The van der Waals surface area contributed by atoms with Gasteiger partial charge in [0.1, 0.15) is 16.9 Å². The first-order chi connectivity index (χ1) is 14.8. The quantitative estimate of drug-likeness (QED) is 0.410. The molecule has 1 aliphatic heterocycles. The molecule has 0 saturated heterocycles. The first kappa shape index (κ1) is 17.5. The molecule has 0 unspecified atom stereocenters. The highest BCUT2D eigenvalue weighted by Crippen LogP contribution is 2.33. The molecule has 7 nitrogen and oxygen atoms in total. The number of pyridine rings is 2. The van der Waals surface area contributed by atoms with Crippen LogP contribution in [-0.4, -0.2) is 43.2 Å². The van der Waals surface area contributed by atoms with Crippen molar-refractivity contribution >= 4 is 39.0 Å². The number of H-pyrrole nitrogens is 2. The van der Waals surface area contributed by atoms with Crippen molar-refractivity contribution in [2.45, 2.75) is 13.3 Å². The third-order valence-corrected chi connectivity index (χ3v) is 6.46. The molecule has 0 spiro atoms. The number of hydrogen-bond acceptors (Lipinski definition) is 6. The van der Waals surface area contributed by atoms with Gasteiger partial charge < -0.3 is 10.3 Å². The highest BCUT2D eigenvalue weighted by Gasteiger charge is 2.18. The first-order valence-electron chi connectivity index (χ1n) is 9.92. The molecule has 0 atom stereocenters. The van der Waals surface area contributed by atoms with Crippen LogP contribution < -0.4 is 5.32 Å². The topological polar surface area (TPSA) is 95.2 Å². The van der Waals surface area contributed by atoms with Gasteiger partial charge in [0, 0.05) is 23.8 Å². The van der Waals surface area contributed by atoms with Crippen LogP contribution in [0.1, 0.15) is 16.9 Å². The third-order valence-electron chi connectivity index (χ3n) is 5.45. The monoisotopic (exact) mass is 413 g/mol. The fourth-order valence-electron chi connectivity index (χ4n) is 3.93. The van der Waals surface area contributed by atoms with Crippen molar-refractivity contribution < 1.29 is 0 Å². The van der Waals surface area contributed by atoms with Crippen LogP contribution in [0.25, 0.3) is 49.7 Å². The highest BCUT2D eigenvalue weighted by molar-refractivity contribution is 7.15. The molecule has 30 heavy (non-hydrogen) atoms. The highest BCUT2D eigenvalue weighted by atomic mass is 32.1. The minimum Gasteiger partial charge on any atom is -0.336 e. The molecule has 0 radical (unpaired) electrons. The maximum atomic E-state index is 4.89. The summed E-state index contributed by atoms with van der Waals surface area (Å²) >= 11 is 1.72. The van der Waals surface area contributed by atoms with E-state index in [4.69, 9.17) is 4.98 Å². The summed E-state index contributed by atoms with van der Waals surface area (Å²) < 4.78 is 0. The average Bonchev–Trinajstić information content (AvgIpc) is 3.51. The van der Waals surface area contributed by atoms with Crippen molar-refractivity contribution in [3.63, 3.8) is 0 Å². The van der Waals surface area contributed by atoms with E-state index >= 15 is 0 Å². The van der Waals surface area contributed by atoms with E-state index < -0.39 is 0 Å². The third kappa shape index (κ3) is 2.84. The fraction of sp³-hybridized carbons (Fsp3) is 0.182. The second kappa shape index (κ2) is 6.86. The molecule has 0 amide bonds. The number of hydrogen-bond donors (Lipinski definition) is 3. The van der Waals surface area contributed by atoms with Gasteiger partial charge in [-0.2, -0.15) is 5.10 Å². The van der Waals surface area contributed by atoms with Crippen molar-refractivity contribution in [1.29, 1.82) is 0 Å². The van der Waals surface area contributed by atoms with Gasteiger partial charge in [-0.05, 0) is 55.3 Å². The Kier molecular flexibility index (Phi) is 4.00. The maximum Gasteiger partial charge on any atom is 0.159 e. The van der Waals surface area contributed by atoms with Crippen LogP contribution in [0, 0.1) is 6.92 Å². The molecule has 6 rings (SSSR count). The van der Waals surface area contributed by atoms with Gasteiger partial charge in [-0.1, -0.05) is 6.08 Å². The van der Waals surface area contributed by atoms with E-state index in [-0.39, 0.29) is 0 Å². The Bertz CT molecular complexity index is 1420. The summed E-state index contributed by atoms with van der Waals surface area (Å²) in [6.45, 7) is 3.99. The Morgan fingerprint density at radius 3 is 2.90 bits per heavy atom. The number of thiophene rings is 1. The predicted octanol–water partition coefficient (Wildman–Crippen LogP) is 4.31. The van der Waals surface area contributed by atoms with E-state index in [1.165, 1.54) is 10.5 Å². The summed E-state index contributed by atoms with van der Waals surface area (Å²) in [4.78, 5) is 19.9. The number of nitrogens with one attached hydrogen (secondary N) is 3. The summed E-state index contributed by atoms with van der Waals surface area (Å²) in [5.41, 5.74) is 6.69. The van der Waals surface area contributed by atoms with Crippen LogP contribution in [0.5, 0.6) is 0 Å². The SMILES string of the molecule is Cc1ccc(-c2nccc3[nH]c(-c4n[nH]c5ncc(C6=CCNCC6)cc45)nc23)s1. The molecule has 3 N–H and O–H groups in total. The van der Waals surface area contributed by atoms with Crippen LogP contribution >= 0.6 is 11.3 Å². The Hall–Kier alpha value is -3.36. The lowest BCUT2D eigenvalue weighted by Crippen LogP contribution is -2.20. The van der Waals surface area contributed by atoms with E-state index in [1.54, 1.807) is 11.3 Å². The summed E-state index contributed by atoms with van der Waals surface area (Å²) in [6, 6.07) is 8.32. The Morgan fingerprint density at radius 2 is 2.07 bits per heavy atom. The molecule has 0 saturated carbocycles. The predicted molar refractivity (Wildman–Crippen MR) is 120 cm³/mol. The molecule has 8 heteroatoms. The van der Waals surface area contributed by atoms with E-state index in [0.717, 1.165) is 69.2 Å². The smallest absolute Gasteiger partial charge is 0.159 e.